The predicted molar refractivity (Wildman–Crippen MR) is 72.1 cm³/mol. The molecule has 3 N–H and O–H groups in total. The van der Waals surface area contributed by atoms with Crippen LogP contribution in [0.5, 0.6) is 5.75 Å². The Morgan fingerprint density at radius 3 is 3.00 bits per heavy atom. The van der Waals surface area contributed by atoms with E-state index in [0.717, 1.165) is 24.2 Å². The number of aromatic nitrogens is 2. The van der Waals surface area contributed by atoms with Gasteiger partial charge in [0.1, 0.15) is 11.6 Å². The van der Waals surface area contributed by atoms with Gasteiger partial charge in [0.05, 0.1) is 0 Å². The third kappa shape index (κ3) is 3.58. The summed E-state index contributed by atoms with van der Waals surface area (Å²) in [4.78, 5) is 18.9. The van der Waals surface area contributed by atoms with E-state index in [9.17, 15) is 9.90 Å². The van der Waals surface area contributed by atoms with Crippen LogP contribution in [-0.2, 0) is 6.42 Å². The Labute approximate surface area is 111 Å². The summed E-state index contributed by atoms with van der Waals surface area (Å²) in [6.45, 7) is 2.37. The highest BCUT2D eigenvalue weighted by Crippen LogP contribution is 2.17. The Morgan fingerprint density at radius 1 is 1.47 bits per heavy atom. The molecule has 1 aromatic carbocycles. The maximum Gasteiger partial charge on any atom is 0.251 e. The van der Waals surface area contributed by atoms with Gasteiger partial charge in [-0.05, 0) is 31.0 Å². The van der Waals surface area contributed by atoms with Gasteiger partial charge >= 0.3 is 0 Å². The summed E-state index contributed by atoms with van der Waals surface area (Å²) in [6.07, 6.45) is 5.11. The van der Waals surface area contributed by atoms with Crippen molar-refractivity contribution in [1.82, 2.24) is 15.3 Å². The number of nitrogens with one attached hydrogen (secondary N) is 2. The van der Waals surface area contributed by atoms with Crippen LogP contribution in [0, 0.1) is 6.92 Å². The molecule has 0 saturated heterocycles. The lowest BCUT2D eigenvalue weighted by Crippen LogP contribution is -2.24. The molecule has 0 fully saturated rings. The average Bonchev–Trinajstić information content (AvgIpc) is 2.91. The number of aromatic amines is 1. The third-order valence-electron chi connectivity index (χ3n) is 2.90. The number of phenols is 1. The van der Waals surface area contributed by atoms with E-state index in [1.54, 1.807) is 31.5 Å². The van der Waals surface area contributed by atoms with Crippen molar-refractivity contribution < 1.29 is 9.90 Å². The second-order valence-corrected chi connectivity index (χ2v) is 4.40. The van der Waals surface area contributed by atoms with Crippen LogP contribution in [0.4, 0.5) is 0 Å². The van der Waals surface area contributed by atoms with Gasteiger partial charge in [0.25, 0.3) is 5.91 Å². The molecule has 0 bridgehead atoms. The molecule has 0 unspecified atom stereocenters. The minimum absolute atomic E-state index is 0.142. The van der Waals surface area contributed by atoms with E-state index in [1.165, 1.54) is 6.07 Å². The standard InChI is InChI=1S/C14H17N3O2/c1-10-4-5-11(9-12(10)18)14(19)17-6-2-3-13-15-7-8-16-13/h4-5,7-9,18H,2-3,6H2,1H3,(H,15,16)(H,17,19). The summed E-state index contributed by atoms with van der Waals surface area (Å²) in [7, 11) is 0. The Balaban J connectivity index is 1.79. The molecule has 100 valence electrons. The summed E-state index contributed by atoms with van der Waals surface area (Å²) in [6, 6.07) is 4.92. The molecule has 0 atom stereocenters. The number of hydrogen-bond acceptors (Lipinski definition) is 3. The number of H-pyrrole nitrogens is 1. The van der Waals surface area contributed by atoms with E-state index in [-0.39, 0.29) is 11.7 Å². The van der Waals surface area contributed by atoms with Crippen molar-refractivity contribution in [3.8, 4) is 5.75 Å². The molecule has 19 heavy (non-hydrogen) atoms. The average molecular weight is 259 g/mol. The molecule has 5 heteroatoms. The second kappa shape index (κ2) is 6.04. The number of carbonyl (C=O) groups excluding carboxylic acids is 1. The molecule has 0 aliphatic heterocycles. The van der Waals surface area contributed by atoms with E-state index in [2.05, 4.69) is 15.3 Å². The molecule has 0 aliphatic carbocycles. The summed E-state index contributed by atoms with van der Waals surface area (Å²) in [5.74, 6) is 0.889. The highest BCUT2D eigenvalue weighted by atomic mass is 16.3. The highest BCUT2D eigenvalue weighted by Gasteiger charge is 2.07. The maximum atomic E-state index is 11.8. The van der Waals surface area contributed by atoms with Crippen LogP contribution in [0.15, 0.2) is 30.6 Å². The van der Waals surface area contributed by atoms with E-state index < -0.39 is 0 Å². The highest BCUT2D eigenvalue weighted by molar-refractivity contribution is 5.94. The van der Waals surface area contributed by atoms with Crippen molar-refractivity contribution in [3.05, 3.63) is 47.5 Å². The molecule has 1 heterocycles. The molecule has 2 aromatic rings. The Hall–Kier alpha value is -2.30. The summed E-state index contributed by atoms with van der Waals surface area (Å²) >= 11 is 0. The second-order valence-electron chi connectivity index (χ2n) is 4.40. The number of aromatic hydroxyl groups is 1. The zero-order valence-electron chi connectivity index (χ0n) is 10.8. The van der Waals surface area contributed by atoms with E-state index in [4.69, 9.17) is 0 Å². The molecule has 1 aromatic heterocycles. The predicted octanol–water partition coefficient (Wildman–Crippen LogP) is 1.79. The fourth-order valence-corrected chi connectivity index (χ4v) is 1.75. The number of imidazole rings is 1. The maximum absolute atomic E-state index is 11.8. The number of hydrogen-bond donors (Lipinski definition) is 3. The van der Waals surface area contributed by atoms with Gasteiger partial charge in [-0.1, -0.05) is 6.07 Å². The van der Waals surface area contributed by atoms with Crippen molar-refractivity contribution in [2.45, 2.75) is 19.8 Å². The topological polar surface area (TPSA) is 78.0 Å². The van der Waals surface area contributed by atoms with Crippen molar-refractivity contribution in [2.24, 2.45) is 0 Å². The summed E-state index contributed by atoms with van der Waals surface area (Å²) < 4.78 is 0. The Morgan fingerprint density at radius 2 is 2.32 bits per heavy atom. The zero-order valence-corrected chi connectivity index (χ0v) is 10.8. The van der Waals surface area contributed by atoms with Crippen LogP contribution < -0.4 is 5.32 Å². The van der Waals surface area contributed by atoms with Crippen LogP contribution in [0.3, 0.4) is 0 Å². The number of carbonyl (C=O) groups is 1. The minimum Gasteiger partial charge on any atom is -0.508 e. The number of amides is 1. The third-order valence-corrected chi connectivity index (χ3v) is 2.90. The number of phenolic OH excluding ortho intramolecular Hbond substituents is 1. The minimum atomic E-state index is -0.172. The molecule has 0 aliphatic rings. The van der Waals surface area contributed by atoms with Gasteiger partial charge in [-0.25, -0.2) is 4.98 Å². The Kier molecular flexibility index (Phi) is 4.18. The monoisotopic (exact) mass is 259 g/mol. The van der Waals surface area contributed by atoms with Gasteiger partial charge in [-0.15, -0.1) is 0 Å². The van der Waals surface area contributed by atoms with Crippen molar-refractivity contribution in [1.29, 1.82) is 0 Å². The first kappa shape index (κ1) is 13.1. The first-order chi connectivity index (χ1) is 9.16. The van der Waals surface area contributed by atoms with E-state index in [1.807, 2.05) is 0 Å². The first-order valence-electron chi connectivity index (χ1n) is 6.23. The number of rotatable bonds is 5. The quantitative estimate of drug-likeness (QED) is 0.716. The number of benzene rings is 1. The van der Waals surface area contributed by atoms with Crippen LogP contribution in [0.2, 0.25) is 0 Å². The van der Waals surface area contributed by atoms with Crippen LogP contribution >= 0.6 is 0 Å². The summed E-state index contributed by atoms with van der Waals surface area (Å²) in [5.41, 5.74) is 1.23. The fourth-order valence-electron chi connectivity index (χ4n) is 1.75. The smallest absolute Gasteiger partial charge is 0.251 e. The van der Waals surface area contributed by atoms with Gasteiger partial charge in [0.15, 0.2) is 0 Å². The van der Waals surface area contributed by atoms with Crippen molar-refractivity contribution in [2.75, 3.05) is 6.54 Å². The molecule has 0 radical (unpaired) electrons. The van der Waals surface area contributed by atoms with Gasteiger partial charge in [0.2, 0.25) is 0 Å². The normalized spacial score (nSPS) is 10.4. The van der Waals surface area contributed by atoms with Crippen LogP contribution in [0.1, 0.15) is 28.2 Å². The van der Waals surface area contributed by atoms with Crippen LogP contribution in [0.25, 0.3) is 0 Å². The fraction of sp³-hybridized carbons (Fsp3) is 0.286. The number of aryl methyl sites for hydroxylation is 2. The molecular formula is C14H17N3O2. The molecule has 0 saturated carbocycles. The molecule has 0 spiro atoms. The van der Waals surface area contributed by atoms with Crippen molar-refractivity contribution in [3.63, 3.8) is 0 Å². The zero-order chi connectivity index (χ0) is 13.7. The molecular weight excluding hydrogens is 242 g/mol. The van der Waals surface area contributed by atoms with Crippen LogP contribution in [-0.4, -0.2) is 27.5 Å². The lowest BCUT2D eigenvalue weighted by atomic mass is 10.1. The van der Waals surface area contributed by atoms with Gasteiger partial charge in [-0.3, -0.25) is 4.79 Å². The molecule has 2 rings (SSSR count). The van der Waals surface area contributed by atoms with Gasteiger partial charge < -0.3 is 15.4 Å². The van der Waals surface area contributed by atoms with E-state index >= 15 is 0 Å². The van der Waals surface area contributed by atoms with Gasteiger partial charge in [0, 0.05) is 30.9 Å². The lowest BCUT2D eigenvalue weighted by Gasteiger charge is -2.06. The molecule has 5 nitrogen and oxygen atoms in total. The SMILES string of the molecule is Cc1ccc(C(=O)NCCCc2ncc[nH]2)cc1O. The Bertz CT molecular complexity index is 550. The van der Waals surface area contributed by atoms with Gasteiger partial charge in [-0.2, -0.15) is 0 Å². The van der Waals surface area contributed by atoms with Crippen molar-refractivity contribution >= 4 is 5.91 Å². The summed E-state index contributed by atoms with van der Waals surface area (Å²) in [5, 5.41) is 12.4. The number of nitrogens with zero attached hydrogens (tertiary/aromatic N) is 1. The van der Waals surface area contributed by atoms with E-state index in [0.29, 0.717) is 12.1 Å². The first-order valence-corrected chi connectivity index (χ1v) is 6.23. The molecule has 1 amide bonds. The largest absolute Gasteiger partial charge is 0.508 e. The lowest BCUT2D eigenvalue weighted by molar-refractivity contribution is 0.0952.